The zero-order valence-corrected chi connectivity index (χ0v) is 16.7. The number of rotatable bonds is 3. The Balaban J connectivity index is 1.25. The fraction of sp³-hybridized carbons (Fsp3) is 0.227. The van der Waals surface area contributed by atoms with Gasteiger partial charge < -0.3 is 13.9 Å². The van der Waals surface area contributed by atoms with E-state index in [1.165, 1.54) is 0 Å². The zero-order valence-electron chi connectivity index (χ0n) is 16.0. The molecule has 4 aromatic rings. The number of furan rings is 1. The Kier molecular flexibility index (Phi) is 4.11. The normalized spacial score (nSPS) is 15.5. The van der Waals surface area contributed by atoms with Gasteiger partial charge in [0.2, 0.25) is 6.79 Å². The van der Waals surface area contributed by atoms with Crippen LogP contribution in [-0.2, 0) is 19.5 Å². The van der Waals surface area contributed by atoms with Gasteiger partial charge in [0.1, 0.15) is 5.15 Å². The van der Waals surface area contributed by atoms with E-state index < -0.39 is 0 Å². The number of hydrogen-bond acceptors (Lipinski definition) is 7. The molecule has 0 amide bonds. The van der Waals surface area contributed by atoms with E-state index in [2.05, 4.69) is 20.9 Å². The second-order valence-corrected chi connectivity index (χ2v) is 7.80. The Bertz CT molecular complexity index is 1260. The van der Waals surface area contributed by atoms with Crippen molar-refractivity contribution in [2.24, 2.45) is 0 Å². The molecule has 0 fully saturated rings. The van der Waals surface area contributed by atoms with E-state index in [4.69, 9.17) is 30.5 Å². The molecule has 2 aliphatic heterocycles. The molecule has 0 saturated heterocycles. The summed E-state index contributed by atoms with van der Waals surface area (Å²) < 4.78 is 16.3. The zero-order chi connectivity index (χ0) is 20.1. The van der Waals surface area contributed by atoms with Gasteiger partial charge in [-0.3, -0.25) is 4.90 Å². The van der Waals surface area contributed by atoms with Crippen molar-refractivity contribution in [1.29, 1.82) is 0 Å². The smallest absolute Gasteiger partial charge is 0.231 e. The molecule has 0 radical (unpaired) electrons. The van der Waals surface area contributed by atoms with E-state index in [1.807, 2.05) is 30.5 Å². The summed E-state index contributed by atoms with van der Waals surface area (Å²) in [6.45, 7) is 2.60. The average molecular weight is 421 g/mol. The summed E-state index contributed by atoms with van der Waals surface area (Å²) in [7, 11) is 0. The lowest BCUT2D eigenvalue weighted by Crippen LogP contribution is -2.31. The molecule has 0 aliphatic carbocycles. The predicted octanol–water partition coefficient (Wildman–Crippen LogP) is 4.23. The summed E-state index contributed by atoms with van der Waals surface area (Å²) in [4.78, 5) is 16.1. The third-order valence-electron chi connectivity index (χ3n) is 5.48. The van der Waals surface area contributed by atoms with E-state index in [0.29, 0.717) is 29.0 Å². The lowest BCUT2D eigenvalue weighted by molar-refractivity contribution is 0.174. The molecular weight excluding hydrogens is 404 g/mol. The monoisotopic (exact) mass is 420 g/mol. The quantitative estimate of drug-likeness (QED) is 0.459. The topological polar surface area (TPSA) is 73.5 Å². The number of hydrogen-bond donors (Lipinski definition) is 0. The highest BCUT2D eigenvalue weighted by Crippen LogP contribution is 2.36. The number of aromatic nitrogens is 3. The third-order valence-corrected chi connectivity index (χ3v) is 5.81. The highest BCUT2D eigenvalue weighted by atomic mass is 35.5. The van der Waals surface area contributed by atoms with Crippen LogP contribution in [0.2, 0.25) is 5.15 Å². The van der Waals surface area contributed by atoms with Crippen LogP contribution in [0.1, 0.15) is 16.8 Å². The van der Waals surface area contributed by atoms with Gasteiger partial charge in [0.25, 0.3) is 0 Å². The van der Waals surface area contributed by atoms with Crippen molar-refractivity contribution < 1.29 is 13.9 Å². The molecule has 0 spiro atoms. The van der Waals surface area contributed by atoms with Crippen molar-refractivity contribution in [3.8, 4) is 23.1 Å². The Morgan fingerprint density at radius 3 is 2.87 bits per heavy atom. The van der Waals surface area contributed by atoms with E-state index in [-0.39, 0.29) is 6.79 Å². The molecule has 30 heavy (non-hydrogen) atoms. The van der Waals surface area contributed by atoms with E-state index >= 15 is 0 Å². The molecule has 150 valence electrons. The first kappa shape index (κ1) is 17.7. The molecule has 7 nitrogen and oxygen atoms in total. The fourth-order valence-corrected chi connectivity index (χ4v) is 4.18. The second kappa shape index (κ2) is 6.97. The summed E-state index contributed by atoms with van der Waals surface area (Å²) >= 11 is 6.51. The third kappa shape index (κ3) is 3.07. The molecule has 2 aliphatic rings. The lowest BCUT2D eigenvalue weighted by Gasteiger charge is -2.28. The van der Waals surface area contributed by atoms with Crippen LogP contribution in [0.15, 0.2) is 47.2 Å². The van der Waals surface area contributed by atoms with Gasteiger partial charge in [-0.1, -0.05) is 11.6 Å². The van der Waals surface area contributed by atoms with Gasteiger partial charge >= 0.3 is 0 Å². The first-order chi connectivity index (χ1) is 14.7. The highest BCUT2D eigenvalue weighted by molar-refractivity contribution is 6.30. The Morgan fingerprint density at radius 2 is 2.00 bits per heavy atom. The number of ether oxygens (including phenoxy) is 2. The minimum Gasteiger partial charge on any atom is -0.461 e. The van der Waals surface area contributed by atoms with E-state index in [9.17, 15) is 0 Å². The first-order valence-electron chi connectivity index (χ1n) is 9.73. The van der Waals surface area contributed by atoms with Crippen LogP contribution in [0.3, 0.4) is 0 Å². The van der Waals surface area contributed by atoms with E-state index in [0.717, 1.165) is 53.0 Å². The second-order valence-electron chi connectivity index (χ2n) is 7.44. The number of fused-ring (bicyclic) bond motifs is 3. The minimum absolute atomic E-state index is 0.239. The number of halogens is 1. The molecule has 0 atom stereocenters. The van der Waals surface area contributed by atoms with Crippen molar-refractivity contribution in [3.63, 3.8) is 0 Å². The van der Waals surface area contributed by atoms with Gasteiger partial charge in [-0.15, -0.1) is 0 Å². The predicted molar refractivity (Wildman–Crippen MR) is 110 cm³/mol. The number of nitrogens with zero attached hydrogens (tertiary/aromatic N) is 4. The van der Waals surface area contributed by atoms with Crippen molar-refractivity contribution >= 4 is 22.5 Å². The van der Waals surface area contributed by atoms with Crippen molar-refractivity contribution in [2.75, 3.05) is 13.3 Å². The molecule has 3 aromatic heterocycles. The van der Waals surface area contributed by atoms with Gasteiger partial charge in [0.05, 0.1) is 17.5 Å². The molecular formula is C22H17ClN4O3. The summed E-state index contributed by atoms with van der Waals surface area (Å²) in [5.41, 5.74) is 3.99. The maximum atomic E-state index is 6.51. The molecule has 5 heterocycles. The van der Waals surface area contributed by atoms with Crippen LogP contribution >= 0.6 is 11.6 Å². The summed E-state index contributed by atoms with van der Waals surface area (Å²) in [5, 5.41) is 1.50. The summed E-state index contributed by atoms with van der Waals surface area (Å²) in [5.74, 6) is 2.78. The Morgan fingerprint density at radius 1 is 1.10 bits per heavy atom. The minimum atomic E-state index is 0.239. The van der Waals surface area contributed by atoms with Crippen LogP contribution in [-0.4, -0.2) is 33.2 Å². The molecule has 0 N–H and O–H groups in total. The van der Waals surface area contributed by atoms with Crippen molar-refractivity contribution in [3.05, 3.63) is 64.8 Å². The van der Waals surface area contributed by atoms with Crippen LogP contribution in [0, 0.1) is 0 Å². The largest absolute Gasteiger partial charge is 0.461 e. The van der Waals surface area contributed by atoms with Gasteiger partial charge in [0.15, 0.2) is 23.1 Å². The molecule has 0 bridgehead atoms. The van der Waals surface area contributed by atoms with E-state index in [1.54, 1.807) is 6.26 Å². The maximum Gasteiger partial charge on any atom is 0.231 e. The van der Waals surface area contributed by atoms with Crippen LogP contribution in [0.4, 0.5) is 0 Å². The number of pyridine rings is 1. The number of benzene rings is 1. The van der Waals surface area contributed by atoms with Gasteiger partial charge in [-0.05, 0) is 24.3 Å². The fourth-order valence-electron chi connectivity index (χ4n) is 3.97. The molecule has 6 rings (SSSR count). The van der Waals surface area contributed by atoms with Crippen molar-refractivity contribution in [2.45, 2.75) is 19.5 Å². The van der Waals surface area contributed by atoms with Gasteiger partial charge in [-0.25, -0.2) is 15.0 Å². The summed E-state index contributed by atoms with van der Waals surface area (Å²) in [6, 6.07) is 9.63. The van der Waals surface area contributed by atoms with Crippen LogP contribution in [0.25, 0.3) is 22.5 Å². The van der Waals surface area contributed by atoms with Gasteiger partial charge in [-0.2, -0.15) is 0 Å². The van der Waals surface area contributed by atoms with Crippen LogP contribution in [0.5, 0.6) is 11.5 Å². The molecule has 1 aromatic carbocycles. The van der Waals surface area contributed by atoms with Crippen LogP contribution < -0.4 is 9.47 Å². The lowest BCUT2D eigenvalue weighted by atomic mass is 10.1. The van der Waals surface area contributed by atoms with Gasteiger partial charge in [0, 0.05) is 54.8 Å². The Labute approximate surface area is 177 Å². The SMILES string of the molecule is Clc1nc2cc3c(cc2cc1CN1CCc2nc(-c4ccco4)ncc2C1)OCO3. The molecule has 8 heteroatoms. The maximum absolute atomic E-state index is 6.51. The highest BCUT2D eigenvalue weighted by Gasteiger charge is 2.21. The molecule has 0 unspecified atom stereocenters. The molecule has 0 saturated carbocycles. The van der Waals surface area contributed by atoms with Crippen molar-refractivity contribution in [1.82, 2.24) is 19.9 Å². The first-order valence-corrected chi connectivity index (χ1v) is 10.1. The average Bonchev–Trinajstić information content (AvgIpc) is 3.44. The summed E-state index contributed by atoms with van der Waals surface area (Å²) in [6.07, 6.45) is 4.38. The Hall–Kier alpha value is -3.16. The standard InChI is InChI=1S/C22H17ClN4O3/c23-21-14(6-13-7-19-20(30-12-29-19)8-17(13)25-21)10-27-4-3-16-15(11-27)9-24-22(26-16)18-2-1-5-28-18/h1-2,5-9H,3-4,10-12H2.